The highest BCUT2D eigenvalue weighted by atomic mass is 15.2. The van der Waals surface area contributed by atoms with Crippen LogP contribution in [0.25, 0.3) is 0 Å². The molecule has 15 heavy (non-hydrogen) atoms. The number of piperidine rings is 1. The van der Waals surface area contributed by atoms with Crippen molar-refractivity contribution in [2.24, 2.45) is 16.5 Å². The maximum Gasteiger partial charge on any atom is 0.186 e. The summed E-state index contributed by atoms with van der Waals surface area (Å²) in [4.78, 5) is 6.72. The van der Waals surface area contributed by atoms with Gasteiger partial charge in [0.15, 0.2) is 5.96 Å². The van der Waals surface area contributed by atoms with Crippen LogP contribution in [0, 0.1) is 0 Å². The van der Waals surface area contributed by atoms with E-state index >= 15 is 0 Å². The van der Waals surface area contributed by atoms with E-state index in [2.05, 4.69) is 44.6 Å². The van der Waals surface area contributed by atoms with Crippen LogP contribution >= 0.6 is 0 Å². The lowest BCUT2D eigenvalue weighted by Gasteiger charge is -2.52. The molecule has 0 aromatic heterocycles. The summed E-state index contributed by atoms with van der Waals surface area (Å²) in [7, 11) is 2.17. The molecule has 88 valence electrons. The van der Waals surface area contributed by atoms with Crippen LogP contribution in [-0.4, -0.2) is 35.0 Å². The molecule has 0 saturated carbocycles. The Hall–Kier alpha value is -0.770. The van der Waals surface area contributed by atoms with E-state index < -0.39 is 0 Å². The smallest absolute Gasteiger partial charge is 0.186 e. The Morgan fingerprint density at radius 2 is 1.53 bits per heavy atom. The van der Waals surface area contributed by atoms with E-state index in [1.165, 1.54) is 0 Å². The molecule has 0 aromatic rings. The van der Waals surface area contributed by atoms with E-state index in [0.29, 0.717) is 0 Å². The van der Waals surface area contributed by atoms with Gasteiger partial charge < -0.3 is 11.5 Å². The molecule has 4 heteroatoms. The number of likely N-dealkylation sites (tertiary alicyclic amines) is 1. The molecule has 4 N–H and O–H groups in total. The summed E-state index contributed by atoms with van der Waals surface area (Å²) in [6, 6.07) is 0.246. The van der Waals surface area contributed by atoms with Crippen LogP contribution in [-0.2, 0) is 0 Å². The maximum absolute atomic E-state index is 5.45. The zero-order valence-corrected chi connectivity index (χ0v) is 10.5. The first-order chi connectivity index (χ1) is 6.65. The molecule has 0 aromatic carbocycles. The second kappa shape index (κ2) is 3.67. The second-order valence-electron chi connectivity index (χ2n) is 5.80. The summed E-state index contributed by atoms with van der Waals surface area (Å²) in [5, 5.41) is 0. The van der Waals surface area contributed by atoms with Crippen molar-refractivity contribution in [3.05, 3.63) is 0 Å². The zero-order valence-electron chi connectivity index (χ0n) is 10.5. The molecule has 4 nitrogen and oxygen atoms in total. The van der Waals surface area contributed by atoms with Gasteiger partial charge in [0.25, 0.3) is 0 Å². The molecule has 0 aliphatic carbocycles. The molecule has 1 fully saturated rings. The van der Waals surface area contributed by atoms with Gasteiger partial charge in [-0.1, -0.05) is 0 Å². The van der Waals surface area contributed by atoms with Crippen LogP contribution in [0.5, 0.6) is 0 Å². The van der Waals surface area contributed by atoms with Crippen molar-refractivity contribution in [3.8, 4) is 0 Å². The van der Waals surface area contributed by atoms with Gasteiger partial charge in [-0.15, -0.1) is 0 Å². The molecule has 1 aliphatic rings. The maximum atomic E-state index is 5.45. The van der Waals surface area contributed by atoms with Crippen molar-refractivity contribution in [2.75, 3.05) is 7.05 Å². The summed E-state index contributed by atoms with van der Waals surface area (Å²) < 4.78 is 0. The highest BCUT2D eigenvalue weighted by Crippen LogP contribution is 2.37. The van der Waals surface area contributed by atoms with Gasteiger partial charge in [-0.3, -0.25) is 9.89 Å². The van der Waals surface area contributed by atoms with Gasteiger partial charge in [0.2, 0.25) is 0 Å². The first kappa shape index (κ1) is 12.3. The minimum atomic E-state index is 0.144. The van der Waals surface area contributed by atoms with Crippen molar-refractivity contribution in [1.29, 1.82) is 0 Å². The average molecular weight is 212 g/mol. The molecule has 0 unspecified atom stereocenters. The number of hydrogen-bond donors (Lipinski definition) is 2. The quantitative estimate of drug-likeness (QED) is 0.501. The molecule has 1 aliphatic heterocycles. The Labute approximate surface area is 92.7 Å². The van der Waals surface area contributed by atoms with Gasteiger partial charge in [0.05, 0.1) is 6.04 Å². The third-order valence-corrected chi connectivity index (χ3v) is 3.62. The van der Waals surface area contributed by atoms with Crippen LogP contribution in [0.15, 0.2) is 4.99 Å². The number of nitrogens with zero attached hydrogens (tertiary/aromatic N) is 2. The van der Waals surface area contributed by atoms with Crippen molar-refractivity contribution < 1.29 is 0 Å². The van der Waals surface area contributed by atoms with Gasteiger partial charge in [-0.05, 0) is 47.6 Å². The third-order valence-electron chi connectivity index (χ3n) is 3.62. The Morgan fingerprint density at radius 1 is 1.13 bits per heavy atom. The largest absolute Gasteiger partial charge is 0.370 e. The van der Waals surface area contributed by atoms with Crippen LogP contribution in [0.1, 0.15) is 40.5 Å². The van der Waals surface area contributed by atoms with Crippen molar-refractivity contribution >= 4 is 5.96 Å². The van der Waals surface area contributed by atoms with Crippen molar-refractivity contribution in [1.82, 2.24) is 4.90 Å². The molecular weight excluding hydrogens is 188 g/mol. The molecule has 1 heterocycles. The Kier molecular flexibility index (Phi) is 3.01. The van der Waals surface area contributed by atoms with Crippen LogP contribution in [0.3, 0.4) is 0 Å². The SMILES string of the molecule is CN1C(C)(C)CC(N=C(N)N)CC1(C)C. The standard InChI is InChI=1S/C11H24N4/c1-10(2)6-8(14-9(12)13)7-11(3,4)15(10)5/h8H,6-7H2,1-5H3,(H4,12,13,14). The summed E-state index contributed by atoms with van der Waals surface area (Å²) in [6.07, 6.45) is 2.01. The lowest BCUT2D eigenvalue weighted by Crippen LogP contribution is -2.59. The summed E-state index contributed by atoms with van der Waals surface area (Å²) in [5.74, 6) is 0.205. The molecule has 0 atom stereocenters. The Balaban J connectivity index is 2.89. The normalized spacial score (nSPS) is 26.2. The van der Waals surface area contributed by atoms with Gasteiger partial charge in [-0.2, -0.15) is 0 Å². The van der Waals surface area contributed by atoms with E-state index in [9.17, 15) is 0 Å². The second-order valence-corrected chi connectivity index (χ2v) is 5.80. The van der Waals surface area contributed by atoms with Gasteiger partial charge in [-0.25, -0.2) is 0 Å². The van der Waals surface area contributed by atoms with E-state index in [1.54, 1.807) is 0 Å². The predicted molar refractivity (Wildman–Crippen MR) is 64.8 cm³/mol. The average Bonchev–Trinajstić information content (AvgIpc) is 1.97. The number of hydrogen-bond acceptors (Lipinski definition) is 2. The van der Waals surface area contributed by atoms with Crippen LogP contribution < -0.4 is 11.5 Å². The molecule has 0 amide bonds. The molecular formula is C11H24N4. The molecule has 1 rings (SSSR count). The summed E-state index contributed by atoms with van der Waals surface area (Å²) in [6.45, 7) is 8.96. The molecule has 0 spiro atoms. The number of rotatable bonds is 1. The summed E-state index contributed by atoms with van der Waals surface area (Å²) in [5.41, 5.74) is 11.2. The minimum absolute atomic E-state index is 0.144. The fourth-order valence-corrected chi connectivity index (χ4v) is 2.62. The molecule has 1 saturated heterocycles. The van der Waals surface area contributed by atoms with Gasteiger partial charge >= 0.3 is 0 Å². The lowest BCUT2D eigenvalue weighted by molar-refractivity contribution is -0.0107. The zero-order chi connectivity index (χ0) is 11.9. The Morgan fingerprint density at radius 3 is 1.87 bits per heavy atom. The fraction of sp³-hybridized carbons (Fsp3) is 0.909. The van der Waals surface area contributed by atoms with E-state index in [-0.39, 0.29) is 23.1 Å². The topological polar surface area (TPSA) is 67.6 Å². The highest BCUT2D eigenvalue weighted by Gasteiger charge is 2.42. The highest BCUT2D eigenvalue weighted by molar-refractivity contribution is 5.75. The van der Waals surface area contributed by atoms with Crippen molar-refractivity contribution in [2.45, 2.75) is 57.7 Å². The monoisotopic (exact) mass is 212 g/mol. The van der Waals surface area contributed by atoms with Gasteiger partial charge in [0, 0.05) is 11.1 Å². The van der Waals surface area contributed by atoms with Crippen LogP contribution in [0.2, 0.25) is 0 Å². The molecule has 0 bridgehead atoms. The van der Waals surface area contributed by atoms with Crippen molar-refractivity contribution in [3.63, 3.8) is 0 Å². The Bertz CT molecular complexity index is 246. The predicted octanol–water partition coefficient (Wildman–Crippen LogP) is 0.911. The molecule has 0 radical (unpaired) electrons. The number of guanidine groups is 1. The van der Waals surface area contributed by atoms with Crippen LogP contribution in [0.4, 0.5) is 0 Å². The number of aliphatic imine (C=N–C) groups is 1. The number of nitrogens with two attached hydrogens (primary N) is 2. The summed E-state index contributed by atoms with van der Waals surface area (Å²) >= 11 is 0. The third kappa shape index (κ3) is 2.62. The fourth-order valence-electron chi connectivity index (χ4n) is 2.62. The lowest BCUT2D eigenvalue weighted by atomic mass is 9.78. The van der Waals surface area contributed by atoms with E-state index in [4.69, 9.17) is 11.5 Å². The first-order valence-electron chi connectivity index (χ1n) is 5.48. The van der Waals surface area contributed by atoms with E-state index in [1.807, 2.05) is 0 Å². The minimum Gasteiger partial charge on any atom is -0.370 e. The van der Waals surface area contributed by atoms with Gasteiger partial charge in [0.1, 0.15) is 0 Å². The first-order valence-corrected chi connectivity index (χ1v) is 5.48. The van der Waals surface area contributed by atoms with E-state index in [0.717, 1.165) is 12.8 Å².